The van der Waals surface area contributed by atoms with Crippen molar-refractivity contribution in [2.75, 3.05) is 19.7 Å². The molecular weight excluding hydrogens is 214 g/mol. The number of nitrogens with zero attached hydrogens (tertiary/aromatic N) is 2. The summed E-state index contributed by atoms with van der Waals surface area (Å²) in [6.45, 7) is 8.94. The lowest BCUT2D eigenvalue weighted by molar-refractivity contribution is -0.0562. The summed E-state index contributed by atoms with van der Waals surface area (Å²) in [6.07, 6.45) is 3.17. The Balaban J connectivity index is 2.36. The monoisotopic (exact) mass is 239 g/mol. The van der Waals surface area contributed by atoms with E-state index >= 15 is 0 Å². The second-order valence-corrected chi connectivity index (χ2v) is 5.33. The Morgan fingerprint density at radius 3 is 2.88 bits per heavy atom. The van der Waals surface area contributed by atoms with Gasteiger partial charge in [0.05, 0.1) is 18.8 Å². The van der Waals surface area contributed by atoms with E-state index in [4.69, 9.17) is 15.7 Å². The molecule has 1 aliphatic heterocycles. The normalized spacial score (nSPS) is 29.6. The zero-order valence-electron chi connectivity index (χ0n) is 11.3. The minimum atomic E-state index is -0.681. The Labute approximate surface area is 105 Å². The summed E-state index contributed by atoms with van der Waals surface area (Å²) in [5.41, 5.74) is 5.14. The molecule has 0 aromatic carbocycles. The van der Waals surface area contributed by atoms with Crippen LogP contribution in [0.15, 0.2) is 0 Å². The predicted molar refractivity (Wildman–Crippen MR) is 68.5 cm³/mol. The van der Waals surface area contributed by atoms with Crippen LogP contribution in [-0.4, -0.2) is 42.3 Å². The van der Waals surface area contributed by atoms with E-state index in [0.29, 0.717) is 12.1 Å². The highest BCUT2D eigenvalue weighted by Crippen LogP contribution is 2.16. The first-order chi connectivity index (χ1) is 7.98. The van der Waals surface area contributed by atoms with Crippen LogP contribution >= 0.6 is 0 Å². The van der Waals surface area contributed by atoms with E-state index < -0.39 is 5.54 Å². The molecule has 1 saturated heterocycles. The van der Waals surface area contributed by atoms with Crippen molar-refractivity contribution < 1.29 is 4.74 Å². The molecule has 0 aromatic rings. The topological polar surface area (TPSA) is 62.3 Å². The zero-order chi connectivity index (χ0) is 12.9. The van der Waals surface area contributed by atoms with E-state index in [1.54, 1.807) is 6.92 Å². The van der Waals surface area contributed by atoms with E-state index in [1.165, 1.54) is 0 Å². The standard InChI is InChI=1S/C13H25N3O/c1-4-12-9-17-11(2)8-16(12)7-5-6-13(3,15)10-14/h11-12H,4-9,15H2,1-3H3. The van der Waals surface area contributed by atoms with Crippen LogP contribution in [-0.2, 0) is 4.74 Å². The third kappa shape index (κ3) is 4.63. The van der Waals surface area contributed by atoms with Crippen LogP contribution in [0, 0.1) is 11.3 Å². The van der Waals surface area contributed by atoms with Crippen LogP contribution in [0.25, 0.3) is 0 Å². The van der Waals surface area contributed by atoms with Gasteiger partial charge in [-0.15, -0.1) is 0 Å². The van der Waals surface area contributed by atoms with Crippen LogP contribution in [0.1, 0.15) is 40.0 Å². The molecule has 4 heteroatoms. The average molecular weight is 239 g/mol. The molecule has 1 heterocycles. The Morgan fingerprint density at radius 2 is 2.29 bits per heavy atom. The fourth-order valence-corrected chi connectivity index (χ4v) is 2.27. The second kappa shape index (κ2) is 6.34. The van der Waals surface area contributed by atoms with E-state index in [0.717, 1.165) is 39.0 Å². The van der Waals surface area contributed by atoms with Gasteiger partial charge in [-0.3, -0.25) is 4.90 Å². The fourth-order valence-electron chi connectivity index (χ4n) is 2.27. The molecule has 1 fully saturated rings. The third-order valence-electron chi connectivity index (χ3n) is 3.45. The molecule has 0 aromatic heterocycles. The number of nitrogens with two attached hydrogens (primary N) is 1. The van der Waals surface area contributed by atoms with Gasteiger partial charge in [-0.25, -0.2) is 0 Å². The van der Waals surface area contributed by atoms with E-state index in [9.17, 15) is 0 Å². The van der Waals surface area contributed by atoms with Crippen molar-refractivity contribution in [1.29, 1.82) is 5.26 Å². The molecule has 0 bridgehead atoms. The smallest absolute Gasteiger partial charge is 0.101 e. The van der Waals surface area contributed by atoms with Crippen LogP contribution in [0.2, 0.25) is 0 Å². The van der Waals surface area contributed by atoms with Crippen molar-refractivity contribution in [3.05, 3.63) is 0 Å². The van der Waals surface area contributed by atoms with Gasteiger partial charge in [0.1, 0.15) is 5.54 Å². The molecule has 0 amide bonds. The van der Waals surface area contributed by atoms with Crippen molar-refractivity contribution in [3.8, 4) is 6.07 Å². The highest BCUT2D eigenvalue weighted by Gasteiger charge is 2.25. The van der Waals surface area contributed by atoms with E-state index in [-0.39, 0.29) is 0 Å². The number of nitriles is 1. The molecule has 17 heavy (non-hydrogen) atoms. The maximum atomic E-state index is 8.86. The highest BCUT2D eigenvalue weighted by atomic mass is 16.5. The number of morpholine rings is 1. The average Bonchev–Trinajstić information content (AvgIpc) is 2.29. The summed E-state index contributed by atoms with van der Waals surface area (Å²) in [4.78, 5) is 2.47. The molecule has 0 saturated carbocycles. The Kier molecular flexibility index (Phi) is 5.38. The predicted octanol–water partition coefficient (Wildman–Crippen LogP) is 1.51. The summed E-state index contributed by atoms with van der Waals surface area (Å²) in [7, 11) is 0. The second-order valence-electron chi connectivity index (χ2n) is 5.33. The van der Waals surface area contributed by atoms with Gasteiger partial charge in [0.2, 0.25) is 0 Å². The first-order valence-corrected chi connectivity index (χ1v) is 6.54. The maximum Gasteiger partial charge on any atom is 0.101 e. The first-order valence-electron chi connectivity index (χ1n) is 6.54. The summed E-state index contributed by atoms with van der Waals surface area (Å²) in [5.74, 6) is 0. The van der Waals surface area contributed by atoms with E-state index in [1.807, 2.05) is 0 Å². The molecule has 4 nitrogen and oxygen atoms in total. The highest BCUT2D eigenvalue weighted by molar-refractivity contribution is 5.00. The number of hydrogen-bond donors (Lipinski definition) is 1. The summed E-state index contributed by atoms with van der Waals surface area (Å²) in [6, 6.07) is 2.67. The van der Waals surface area contributed by atoms with Gasteiger partial charge < -0.3 is 10.5 Å². The SMILES string of the molecule is CCC1COC(C)CN1CCCC(C)(N)C#N. The quantitative estimate of drug-likeness (QED) is 0.790. The van der Waals surface area contributed by atoms with Crippen LogP contribution in [0.4, 0.5) is 0 Å². The fraction of sp³-hybridized carbons (Fsp3) is 0.923. The maximum absolute atomic E-state index is 8.86. The van der Waals surface area contributed by atoms with Crippen molar-refractivity contribution in [2.24, 2.45) is 5.73 Å². The number of ether oxygens (including phenoxy) is 1. The molecule has 0 spiro atoms. The van der Waals surface area contributed by atoms with Gasteiger partial charge in [-0.1, -0.05) is 6.92 Å². The van der Waals surface area contributed by atoms with Crippen LogP contribution in [0.3, 0.4) is 0 Å². The zero-order valence-corrected chi connectivity index (χ0v) is 11.3. The molecule has 3 atom stereocenters. The van der Waals surface area contributed by atoms with Gasteiger partial charge in [-0.05, 0) is 39.7 Å². The Bertz CT molecular complexity index is 272. The minimum absolute atomic E-state index is 0.318. The molecular formula is C13H25N3O. The van der Waals surface area contributed by atoms with Crippen molar-refractivity contribution >= 4 is 0 Å². The lowest BCUT2D eigenvalue weighted by Gasteiger charge is -2.38. The van der Waals surface area contributed by atoms with Gasteiger partial charge in [0, 0.05) is 12.6 Å². The Morgan fingerprint density at radius 1 is 1.59 bits per heavy atom. The summed E-state index contributed by atoms with van der Waals surface area (Å²) < 4.78 is 5.66. The van der Waals surface area contributed by atoms with Crippen LogP contribution in [0.5, 0.6) is 0 Å². The van der Waals surface area contributed by atoms with Crippen molar-refractivity contribution in [2.45, 2.75) is 57.7 Å². The van der Waals surface area contributed by atoms with Crippen molar-refractivity contribution in [1.82, 2.24) is 4.90 Å². The largest absolute Gasteiger partial charge is 0.376 e. The first kappa shape index (κ1) is 14.4. The molecule has 2 N–H and O–H groups in total. The van der Waals surface area contributed by atoms with Gasteiger partial charge in [0.15, 0.2) is 0 Å². The van der Waals surface area contributed by atoms with Crippen molar-refractivity contribution in [3.63, 3.8) is 0 Å². The molecule has 1 rings (SSSR count). The Hall–Kier alpha value is -0.630. The lowest BCUT2D eigenvalue weighted by atomic mass is 9.98. The molecule has 0 aliphatic carbocycles. The van der Waals surface area contributed by atoms with Gasteiger partial charge >= 0.3 is 0 Å². The summed E-state index contributed by atoms with van der Waals surface area (Å²) >= 11 is 0. The minimum Gasteiger partial charge on any atom is -0.376 e. The molecule has 1 aliphatic rings. The van der Waals surface area contributed by atoms with E-state index in [2.05, 4.69) is 24.8 Å². The molecule has 98 valence electrons. The lowest BCUT2D eigenvalue weighted by Crippen LogP contribution is -2.49. The molecule has 3 unspecified atom stereocenters. The molecule has 0 radical (unpaired) electrons. The summed E-state index contributed by atoms with van der Waals surface area (Å²) in [5, 5.41) is 8.86. The number of rotatable bonds is 5. The van der Waals surface area contributed by atoms with Gasteiger partial charge in [0.25, 0.3) is 0 Å². The number of hydrogen-bond acceptors (Lipinski definition) is 4. The third-order valence-corrected chi connectivity index (χ3v) is 3.45. The van der Waals surface area contributed by atoms with Gasteiger partial charge in [-0.2, -0.15) is 5.26 Å². The van der Waals surface area contributed by atoms with Crippen LogP contribution < -0.4 is 5.73 Å².